The van der Waals surface area contributed by atoms with Gasteiger partial charge in [-0.25, -0.2) is 17.9 Å². The maximum atomic E-state index is 12.9. The predicted molar refractivity (Wildman–Crippen MR) is 97.7 cm³/mol. The molecule has 0 saturated carbocycles. The molecule has 26 heavy (non-hydrogen) atoms. The maximum Gasteiger partial charge on any atom is 0.244 e. The summed E-state index contributed by atoms with van der Waals surface area (Å²) in [5.74, 6) is 0. The van der Waals surface area contributed by atoms with Crippen molar-refractivity contribution < 1.29 is 8.42 Å². The van der Waals surface area contributed by atoms with E-state index in [1.165, 1.54) is 27.8 Å². The molecule has 2 aromatic heterocycles. The van der Waals surface area contributed by atoms with Crippen molar-refractivity contribution in [1.29, 1.82) is 5.26 Å². The molecule has 10 heteroatoms. The van der Waals surface area contributed by atoms with Gasteiger partial charge in [-0.05, 0) is 19.1 Å². The van der Waals surface area contributed by atoms with E-state index in [2.05, 4.69) is 15.0 Å². The first-order valence-electron chi connectivity index (χ1n) is 8.06. The molecule has 0 amide bonds. The number of hydrogen-bond donors (Lipinski definition) is 0. The van der Waals surface area contributed by atoms with E-state index in [0.717, 1.165) is 15.8 Å². The van der Waals surface area contributed by atoms with E-state index >= 15 is 0 Å². The molecule has 1 aromatic carbocycles. The lowest BCUT2D eigenvalue weighted by molar-refractivity contribution is 0.384. The van der Waals surface area contributed by atoms with Crippen LogP contribution in [0.15, 0.2) is 35.4 Å². The number of sulfonamides is 1. The molecule has 1 saturated heterocycles. The highest BCUT2D eigenvalue weighted by Gasteiger charge is 2.31. The third kappa shape index (κ3) is 2.84. The summed E-state index contributed by atoms with van der Waals surface area (Å²) in [6, 6.07) is 8.27. The Bertz CT molecular complexity index is 1070. The number of benzene rings is 1. The van der Waals surface area contributed by atoms with E-state index in [1.54, 1.807) is 16.6 Å². The second-order valence-corrected chi connectivity index (χ2v) is 8.83. The minimum Gasteiger partial charge on any atom is -0.344 e. The molecule has 0 radical (unpaired) electrons. The molecule has 8 nitrogen and oxygen atoms in total. The van der Waals surface area contributed by atoms with Crippen LogP contribution < -0.4 is 4.90 Å². The first kappa shape index (κ1) is 17.0. The first-order chi connectivity index (χ1) is 12.5. The summed E-state index contributed by atoms with van der Waals surface area (Å²) >= 11 is 1.49. The Hall–Kier alpha value is -2.48. The number of aromatic nitrogens is 3. The number of hydrogen-bond acceptors (Lipinski definition) is 7. The van der Waals surface area contributed by atoms with Crippen molar-refractivity contribution in [2.24, 2.45) is 0 Å². The number of imidazole rings is 1. The van der Waals surface area contributed by atoms with Crippen LogP contribution in [0.25, 0.3) is 4.96 Å². The van der Waals surface area contributed by atoms with Crippen LogP contribution in [0.5, 0.6) is 0 Å². The molecule has 0 N–H and O–H groups in total. The lowest BCUT2D eigenvalue weighted by atomic mass is 10.2. The van der Waals surface area contributed by atoms with Crippen LogP contribution in [-0.2, 0) is 10.0 Å². The smallest absolute Gasteiger partial charge is 0.244 e. The van der Waals surface area contributed by atoms with Gasteiger partial charge in [0, 0.05) is 26.2 Å². The largest absolute Gasteiger partial charge is 0.344 e. The monoisotopic (exact) mass is 388 g/mol. The normalized spacial score (nSPS) is 16.1. The highest BCUT2D eigenvalue weighted by atomic mass is 32.2. The minimum atomic E-state index is -3.68. The summed E-state index contributed by atoms with van der Waals surface area (Å²) in [4.78, 5) is 7.36. The molecular formula is C16H16N6O2S2. The predicted octanol–water partition coefficient (Wildman–Crippen LogP) is 1.48. The number of nitrogens with zero attached hydrogens (tertiary/aromatic N) is 6. The lowest BCUT2D eigenvalue weighted by Gasteiger charge is -2.33. The number of fused-ring (bicyclic) bond motifs is 1. The van der Waals surface area contributed by atoms with Gasteiger partial charge in [-0.1, -0.05) is 23.5 Å². The Kier molecular flexibility index (Phi) is 4.14. The van der Waals surface area contributed by atoms with Gasteiger partial charge in [0.2, 0.25) is 20.1 Å². The zero-order valence-corrected chi connectivity index (χ0v) is 15.7. The third-order valence-electron chi connectivity index (χ3n) is 4.29. The highest BCUT2D eigenvalue weighted by molar-refractivity contribution is 7.89. The van der Waals surface area contributed by atoms with E-state index in [4.69, 9.17) is 0 Å². The Morgan fingerprint density at radius 2 is 1.92 bits per heavy atom. The van der Waals surface area contributed by atoms with E-state index in [1.807, 2.05) is 19.2 Å². The van der Waals surface area contributed by atoms with Gasteiger partial charge in [0.1, 0.15) is 6.07 Å². The zero-order valence-electron chi connectivity index (χ0n) is 14.0. The minimum absolute atomic E-state index is 0.0687. The molecule has 0 unspecified atom stereocenters. The fraction of sp³-hybridized carbons (Fsp3) is 0.312. The Morgan fingerprint density at radius 3 is 2.62 bits per heavy atom. The number of piperazine rings is 1. The Labute approximate surface area is 155 Å². The molecule has 0 spiro atoms. The Morgan fingerprint density at radius 1 is 1.19 bits per heavy atom. The lowest BCUT2D eigenvalue weighted by Crippen LogP contribution is -2.48. The Balaban J connectivity index is 1.52. The van der Waals surface area contributed by atoms with Gasteiger partial charge < -0.3 is 4.90 Å². The number of aryl methyl sites for hydroxylation is 1. The molecular weight excluding hydrogens is 372 g/mol. The van der Waals surface area contributed by atoms with E-state index in [9.17, 15) is 13.7 Å². The van der Waals surface area contributed by atoms with Crippen molar-refractivity contribution in [3.63, 3.8) is 0 Å². The van der Waals surface area contributed by atoms with Crippen LogP contribution in [0, 0.1) is 18.3 Å². The molecule has 0 bridgehead atoms. The van der Waals surface area contributed by atoms with Crippen LogP contribution in [0.4, 0.5) is 5.13 Å². The summed E-state index contributed by atoms with van der Waals surface area (Å²) in [6.45, 7) is 3.71. The topological polar surface area (TPSA) is 94.6 Å². The van der Waals surface area contributed by atoms with Crippen LogP contribution in [-0.4, -0.2) is 53.5 Å². The van der Waals surface area contributed by atoms with Crippen LogP contribution >= 0.6 is 11.3 Å². The fourth-order valence-electron chi connectivity index (χ4n) is 2.97. The van der Waals surface area contributed by atoms with Crippen LogP contribution in [0.3, 0.4) is 0 Å². The van der Waals surface area contributed by atoms with Crippen molar-refractivity contribution >= 4 is 31.5 Å². The van der Waals surface area contributed by atoms with E-state index in [0.29, 0.717) is 26.2 Å². The van der Waals surface area contributed by atoms with Gasteiger partial charge in [-0.15, -0.1) is 5.10 Å². The van der Waals surface area contributed by atoms with Gasteiger partial charge in [0.05, 0.1) is 22.3 Å². The molecule has 134 valence electrons. The summed E-state index contributed by atoms with van der Waals surface area (Å²) in [5.41, 5.74) is 1.09. The molecule has 1 fully saturated rings. The molecule has 0 aliphatic carbocycles. The molecule has 0 atom stereocenters. The summed E-state index contributed by atoms with van der Waals surface area (Å²) in [6.07, 6.45) is 1.87. The molecule has 1 aliphatic heterocycles. The van der Waals surface area contributed by atoms with Crippen molar-refractivity contribution in [1.82, 2.24) is 18.9 Å². The maximum absolute atomic E-state index is 12.9. The molecule has 4 rings (SSSR count). The van der Waals surface area contributed by atoms with Gasteiger partial charge in [0.15, 0.2) is 0 Å². The zero-order chi connectivity index (χ0) is 18.3. The fourth-order valence-corrected chi connectivity index (χ4v) is 5.51. The van der Waals surface area contributed by atoms with Gasteiger partial charge in [0.25, 0.3) is 0 Å². The van der Waals surface area contributed by atoms with Crippen molar-refractivity contribution in [3.05, 3.63) is 41.7 Å². The van der Waals surface area contributed by atoms with Crippen molar-refractivity contribution in [2.75, 3.05) is 31.1 Å². The second kappa shape index (κ2) is 6.35. The van der Waals surface area contributed by atoms with Crippen molar-refractivity contribution in [3.8, 4) is 6.07 Å². The van der Waals surface area contributed by atoms with Crippen LogP contribution in [0.2, 0.25) is 0 Å². The third-order valence-corrected chi connectivity index (χ3v) is 7.23. The standard InChI is InChI=1S/C16H16N6O2S2/c1-12-11-22-15(18-12)25-16(19-22)20-6-8-21(9-7-20)26(23,24)14-5-3-2-4-13(14)10-17/h2-5,11H,6-9H2,1H3. The van der Waals surface area contributed by atoms with Crippen molar-refractivity contribution in [2.45, 2.75) is 11.8 Å². The first-order valence-corrected chi connectivity index (χ1v) is 10.3. The summed E-state index contributed by atoms with van der Waals surface area (Å²) in [5, 5.41) is 14.5. The number of anilines is 1. The van der Waals surface area contributed by atoms with E-state index < -0.39 is 10.0 Å². The quantitative estimate of drug-likeness (QED) is 0.675. The number of nitriles is 1. The SMILES string of the molecule is Cc1cn2nc(N3CCN(S(=O)(=O)c4ccccc4C#N)CC3)sc2n1. The average Bonchev–Trinajstić information content (AvgIpc) is 3.19. The summed E-state index contributed by atoms with van der Waals surface area (Å²) < 4.78 is 28.9. The number of rotatable bonds is 3. The van der Waals surface area contributed by atoms with Gasteiger partial charge in [-0.3, -0.25) is 0 Å². The van der Waals surface area contributed by atoms with Gasteiger partial charge >= 0.3 is 0 Å². The average molecular weight is 388 g/mol. The van der Waals surface area contributed by atoms with E-state index in [-0.39, 0.29) is 10.5 Å². The molecule has 3 aromatic rings. The molecule has 1 aliphatic rings. The highest BCUT2D eigenvalue weighted by Crippen LogP contribution is 2.26. The summed E-state index contributed by atoms with van der Waals surface area (Å²) in [7, 11) is -3.68. The molecule has 3 heterocycles. The van der Waals surface area contributed by atoms with Crippen LogP contribution in [0.1, 0.15) is 11.3 Å². The van der Waals surface area contributed by atoms with Gasteiger partial charge in [-0.2, -0.15) is 9.57 Å². The second-order valence-electron chi connectivity index (χ2n) is 5.99.